The fourth-order valence-electron chi connectivity index (χ4n) is 1.84. The minimum absolute atomic E-state index is 0. The van der Waals surface area contributed by atoms with Crippen LogP contribution in [0, 0.1) is 13.8 Å². The predicted octanol–water partition coefficient (Wildman–Crippen LogP) is 4.26. The number of hydrogen-bond acceptors (Lipinski definition) is 2. The number of rotatable bonds is 0. The quantitative estimate of drug-likeness (QED) is 0.363. The van der Waals surface area contributed by atoms with Crippen molar-refractivity contribution < 1.29 is 19.5 Å². The second-order valence-corrected chi connectivity index (χ2v) is 7.30. The van der Waals surface area contributed by atoms with E-state index in [-0.39, 0.29) is 48.6 Å². The van der Waals surface area contributed by atoms with Gasteiger partial charge in [-0.05, 0) is 10.8 Å². The van der Waals surface area contributed by atoms with Gasteiger partial charge in [0.25, 0.3) is 0 Å². The van der Waals surface area contributed by atoms with Crippen molar-refractivity contribution in [2.75, 3.05) is 0 Å². The zero-order chi connectivity index (χ0) is 18.3. The maximum atomic E-state index is 10.4. The Hall–Kier alpha value is 0.170. The second-order valence-electron chi connectivity index (χ2n) is 6.79. The number of phenolic OH excluding ortho intramolecular Hbond substituents is 1. The molecule has 0 spiro atoms. The van der Waals surface area contributed by atoms with E-state index in [1.807, 2.05) is 12.1 Å². The van der Waals surface area contributed by atoms with Crippen molar-refractivity contribution in [2.45, 2.75) is 59.3 Å². The third kappa shape index (κ3) is 11.4. The molecule has 0 atom stereocenters. The molecular weight excluding hydrogens is 339 g/mol. The molecule has 23 heavy (non-hydrogen) atoms. The summed E-state index contributed by atoms with van der Waals surface area (Å²) in [5, 5.41) is 10.4. The zero-order valence-electron chi connectivity index (χ0n) is 15.5. The van der Waals surface area contributed by atoms with Crippen LogP contribution in [-0.2, 0) is 15.4 Å². The Balaban J connectivity index is -0.000000498. The van der Waals surface area contributed by atoms with Crippen LogP contribution in [0.5, 0.6) is 5.75 Å². The van der Waals surface area contributed by atoms with Crippen LogP contribution >= 0.6 is 8.25 Å². The standard InChI is InChI=1S/C15H23O.C2H5.Ca.HO3P/c1-10-8-11(14(2,3)4)13(16)12(9-10)15(5,6)7;1-2;;1-4(2)3/h8-9,16H,1H2,2-7H3;1H2,2H3;;(H-,1,2,3)/q2*-1;+2;/p+1. The maximum absolute atomic E-state index is 10.4. The van der Waals surface area contributed by atoms with E-state index in [2.05, 4.69) is 55.4 Å². The largest absolute Gasteiger partial charge is 2.00 e. The van der Waals surface area contributed by atoms with E-state index in [0.717, 1.165) is 16.7 Å². The van der Waals surface area contributed by atoms with Crippen molar-refractivity contribution in [3.63, 3.8) is 0 Å². The summed E-state index contributed by atoms with van der Waals surface area (Å²) >= 11 is 0. The Morgan fingerprint density at radius 3 is 1.30 bits per heavy atom. The van der Waals surface area contributed by atoms with Gasteiger partial charge in [-0.1, -0.05) is 52.7 Å². The van der Waals surface area contributed by atoms with Crippen LogP contribution in [0.15, 0.2) is 12.1 Å². The van der Waals surface area contributed by atoms with Gasteiger partial charge in [0, 0.05) is 4.57 Å². The van der Waals surface area contributed by atoms with E-state index in [0.29, 0.717) is 5.75 Å². The van der Waals surface area contributed by atoms with Crippen molar-refractivity contribution in [3.05, 3.63) is 42.7 Å². The summed E-state index contributed by atoms with van der Waals surface area (Å²) in [5.74, 6) is 0.424. The molecule has 0 aliphatic rings. The minimum Gasteiger partial charge on any atom is -0.510 e. The predicted molar refractivity (Wildman–Crippen MR) is 98.8 cm³/mol. The summed E-state index contributed by atoms with van der Waals surface area (Å²) in [6.45, 7) is 21.6. The Morgan fingerprint density at radius 2 is 1.13 bits per heavy atom. The molecule has 0 amide bonds. The molecule has 6 heteroatoms. The Kier molecular flexibility index (Phi) is 14.2. The van der Waals surface area contributed by atoms with Crippen molar-refractivity contribution in [2.24, 2.45) is 0 Å². The Labute approximate surface area is 172 Å². The molecule has 0 saturated heterocycles. The van der Waals surface area contributed by atoms with Gasteiger partial charge in [-0.15, -0.1) is 9.79 Å². The zero-order valence-corrected chi connectivity index (χ0v) is 18.6. The van der Waals surface area contributed by atoms with E-state index in [1.165, 1.54) is 0 Å². The molecule has 0 radical (unpaired) electrons. The molecule has 0 bridgehead atoms. The van der Waals surface area contributed by atoms with Crippen LogP contribution in [0.2, 0.25) is 0 Å². The van der Waals surface area contributed by atoms with E-state index in [4.69, 9.17) is 14.4 Å². The van der Waals surface area contributed by atoms with Crippen molar-refractivity contribution in [1.82, 2.24) is 0 Å². The first kappa shape index (κ1) is 28.0. The molecule has 3 N–H and O–H groups in total. The van der Waals surface area contributed by atoms with Crippen LogP contribution < -0.4 is 0 Å². The average Bonchev–Trinajstić information content (AvgIpc) is 2.31. The second kappa shape index (κ2) is 11.7. The molecule has 0 saturated carbocycles. The van der Waals surface area contributed by atoms with Gasteiger partial charge in [0.15, 0.2) is 0 Å². The summed E-state index contributed by atoms with van der Waals surface area (Å²) in [7, 11) is -2.87. The first-order chi connectivity index (χ1) is 9.76. The van der Waals surface area contributed by atoms with Crippen LogP contribution in [0.25, 0.3) is 0 Å². The molecule has 4 nitrogen and oxygen atoms in total. The van der Waals surface area contributed by atoms with Crippen molar-refractivity contribution in [3.8, 4) is 5.75 Å². The van der Waals surface area contributed by atoms with Gasteiger partial charge in [0.2, 0.25) is 0 Å². The van der Waals surface area contributed by atoms with Gasteiger partial charge < -0.3 is 12.0 Å². The summed E-state index contributed by atoms with van der Waals surface area (Å²) in [6, 6.07) is 3.95. The first-order valence-electron chi connectivity index (χ1n) is 7.02. The molecule has 0 aliphatic heterocycles. The Morgan fingerprint density at radius 1 is 0.913 bits per heavy atom. The summed E-state index contributed by atoms with van der Waals surface area (Å²) in [6.07, 6.45) is 0. The molecule has 0 aliphatic carbocycles. The first-order valence-corrected chi connectivity index (χ1v) is 8.19. The molecule has 1 aromatic carbocycles. The van der Waals surface area contributed by atoms with Gasteiger partial charge in [0.1, 0.15) is 0 Å². The third-order valence-corrected chi connectivity index (χ3v) is 2.79. The molecule has 0 heterocycles. The summed E-state index contributed by atoms with van der Waals surface area (Å²) in [4.78, 5) is 14.2. The van der Waals surface area contributed by atoms with E-state index < -0.39 is 8.25 Å². The molecule has 128 valence electrons. The van der Waals surface area contributed by atoms with E-state index in [1.54, 1.807) is 6.92 Å². The van der Waals surface area contributed by atoms with Gasteiger partial charge in [0.05, 0.1) is 5.75 Å². The number of phenols is 1. The summed E-state index contributed by atoms with van der Waals surface area (Å²) < 4.78 is 8.70. The fraction of sp³-hybridized carbons (Fsp3) is 0.529. The smallest absolute Gasteiger partial charge is 0.510 e. The minimum atomic E-state index is -2.87. The van der Waals surface area contributed by atoms with Gasteiger partial charge in [-0.2, -0.15) is 31.5 Å². The fourth-order valence-corrected chi connectivity index (χ4v) is 1.84. The molecule has 0 aromatic heterocycles. The molecule has 0 fully saturated rings. The molecule has 0 unspecified atom stereocenters. The van der Waals surface area contributed by atoms with Gasteiger partial charge >= 0.3 is 46.0 Å². The van der Waals surface area contributed by atoms with Crippen molar-refractivity contribution in [1.29, 1.82) is 0 Å². The summed E-state index contributed by atoms with van der Waals surface area (Å²) in [5.41, 5.74) is 2.80. The topological polar surface area (TPSA) is 77.8 Å². The van der Waals surface area contributed by atoms with Crippen LogP contribution in [0.1, 0.15) is 65.2 Å². The maximum Gasteiger partial charge on any atom is 2.00 e. The van der Waals surface area contributed by atoms with Gasteiger partial charge in [-0.3, -0.25) is 0 Å². The van der Waals surface area contributed by atoms with Crippen LogP contribution in [0.3, 0.4) is 0 Å². The van der Waals surface area contributed by atoms with E-state index in [9.17, 15) is 5.11 Å². The van der Waals surface area contributed by atoms with Gasteiger partial charge in [-0.25, -0.2) is 0 Å². The SMILES string of the molecule is O=[P+](O)O.[CH2-]C.[CH2-]c1cc(C(C)(C)C)c(O)c(C(C)(C)C)c1.[Ca+2]. The number of hydrogen-bond donors (Lipinski definition) is 3. The number of benzene rings is 1. The van der Waals surface area contributed by atoms with Crippen molar-refractivity contribution >= 4 is 46.0 Å². The van der Waals surface area contributed by atoms with Crippen LogP contribution in [-0.4, -0.2) is 52.6 Å². The molecule has 1 aromatic rings. The monoisotopic (exact) mass is 369 g/mol. The number of aromatic hydroxyl groups is 1. The molecule has 1 rings (SSSR count). The Bertz CT molecular complexity index is 449. The van der Waals surface area contributed by atoms with E-state index >= 15 is 0 Å². The normalized spacial score (nSPS) is 10.3. The third-order valence-electron chi connectivity index (χ3n) is 2.79. The average molecular weight is 369 g/mol. The molecular formula is C17H30CaO4P+. The van der Waals surface area contributed by atoms with Crippen LogP contribution in [0.4, 0.5) is 0 Å².